The molecule has 0 aliphatic heterocycles. The van der Waals surface area contributed by atoms with E-state index >= 15 is 0 Å². The quantitative estimate of drug-likeness (QED) is 0.236. The molecule has 40 heavy (non-hydrogen) atoms. The Hall–Kier alpha value is -4.38. The van der Waals surface area contributed by atoms with Gasteiger partial charge < -0.3 is 15.1 Å². The average molecular weight is 534 g/mol. The summed E-state index contributed by atoms with van der Waals surface area (Å²) in [4.78, 5) is 31.9. The molecule has 0 unspecified atom stereocenters. The largest absolute Gasteiger partial charge is 0.378 e. The minimum Gasteiger partial charge on any atom is -0.378 e. The molecule has 5 nitrogen and oxygen atoms in total. The van der Waals surface area contributed by atoms with Crippen LogP contribution >= 0.6 is 0 Å². The lowest BCUT2D eigenvalue weighted by Crippen LogP contribution is -2.41. The Bertz CT molecular complexity index is 1410. The van der Waals surface area contributed by atoms with E-state index < -0.39 is 6.04 Å². The van der Waals surface area contributed by atoms with Crippen LogP contribution in [0.3, 0.4) is 0 Å². The predicted molar refractivity (Wildman–Crippen MR) is 165 cm³/mol. The summed E-state index contributed by atoms with van der Waals surface area (Å²) in [5.74, 6) is 0.00899. The van der Waals surface area contributed by atoms with Crippen molar-refractivity contribution in [2.75, 3.05) is 24.3 Å². The highest BCUT2D eigenvalue weighted by molar-refractivity contribution is 5.98. The van der Waals surface area contributed by atoms with E-state index in [0.29, 0.717) is 18.2 Å². The van der Waals surface area contributed by atoms with Crippen molar-refractivity contribution in [2.24, 2.45) is 0 Å². The van der Waals surface area contributed by atoms with Crippen LogP contribution in [0.5, 0.6) is 0 Å². The molecule has 0 spiro atoms. The van der Waals surface area contributed by atoms with Crippen molar-refractivity contribution in [2.45, 2.75) is 45.7 Å². The minimum atomic E-state index is -0.814. The lowest BCUT2D eigenvalue weighted by Gasteiger charge is -2.32. The van der Waals surface area contributed by atoms with Gasteiger partial charge in [-0.05, 0) is 64.9 Å². The van der Waals surface area contributed by atoms with Crippen molar-refractivity contribution in [3.63, 3.8) is 0 Å². The van der Waals surface area contributed by atoms with Gasteiger partial charge in [0, 0.05) is 32.0 Å². The Balaban J connectivity index is 1.75. The van der Waals surface area contributed by atoms with E-state index in [2.05, 4.69) is 31.3 Å². The van der Waals surface area contributed by atoms with Crippen LogP contribution in [0, 0.1) is 6.92 Å². The van der Waals surface area contributed by atoms with Gasteiger partial charge in [0.05, 0.1) is 6.42 Å². The van der Waals surface area contributed by atoms with Crippen molar-refractivity contribution in [3.05, 3.63) is 131 Å². The number of carbonyl (C=O) groups is 2. The van der Waals surface area contributed by atoms with E-state index in [0.717, 1.165) is 27.9 Å². The molecule has 0 heterocycles. The smallest absolute Gasteiger partial charge is 0.251 e. The number of nitrogens with one attached hydrogen (secondary N) is 1. The summed E-state index contributed by atoms with van der Waals surface area (Å²) < 4.78 is 0. The Morgan fingerprint density at radius 2 is 1.35 bits per heavy atom. The van der Waals surface area contributed by atoms with Crippen LogP contribution in [0.15, 0.2) is 103 Å². The first kappa shape index (κ1) is 28.6. The Kier molecular flexibility index (Phi) is 9.39. The molecule has 0 bridgehead atoms. The number of anilines is 2. The molecule has 4 aromatic rings. The summed E-state index contributed by atoms with van der Waals surface area (Å²) >= 11 is 0. The highest BCUT2D eigenvalue weighted by Crippen LogP contribution is 2.29. The summed E-state index contributed by atoms with van der Waals surface area (Å²) in [5.41, 5.74) is 6.69. The number of rotatable bonds is 10. The molecule has 1 atom stereocenters. The fourth-order valence-corrected chi connectivity index (χ4v) is 4.76. The fraction of sp³-hybridized carbons (Fsp3) is 0.257. The van der Waals surface area contributed by atoms with Gasteiger partial charge in [-0.15, -0.1) is 0 Å². The molecule has 0 radical (unpaired) electrons. The van der Waals surface area contributed by atoms with Crippen molar-refractivity contribution >= 4 is 23.2 Å². The minimum absolute atomic E-state index is 0.106. The van der Waals surface area contributed by atoms with Crippen molar-refractivity contribution in [1.82, 2.24) is 4.90 Å². The average Bonchev–Trinajstić information content (AvgIpc) is 2.95. The topological polar surface area (TPSA) is 52.7 Å². The predicted octanol–water partition coefficient (Wildman–Crippen LogP) is 7.14. The maximum Gasteiger partial charge on any atom is 0.251 e. The number of aryl methyl sites for hydroxylation is 1. The lowest BCUT2D eigenvalue weighted by molar-refractivity contribution is -0.139. The standard InChI is InChI=1S/C35H39N3O2/c1-25(2)28-15-17-29(18-16-28)34(35(40)36-31-19-21-32(22-20-31)37(4)5)38(24-30-14-10-9-11-26(30)3)33(39)23-27-12-7-6-8-13-27/h6-22,25,34H,23-24H2,1-5H3,(H,36,40)/t34-/m0/s1. The highest BCUT2D eigenvalue weighted by Gasteiger charge is 2.32. The normalized spacial score (nSPS) is 11.7. The van der Waals surface area contributed by atoms with Gasteiger partial charge in [0.15, 0.2) is 0 Å². The maximum atomic E-state index is 14.1. The molecule has 0 fully saturated rings. The van der Waals surface area contributed by atoms with E-state index in [-0.39, 0.29) is 18.2 Å². The van der Waals surface area contributed by atoms with Crippen LogP contribution in [0.4, 0.5) is 11.4 Å². The van der Waals surface area contributed by atoms with Crippen LogP contribution in [0.1, 0.15) is 53.6 Å². The first-order valence-corrected chi connectivity index (χ1v) is 13.8. The summed E-state index contributed by atoms with van der Waals surface area (Å²) in [6, 6.07) is 32.7. The second-order valence-electron chi connectivity index (χ2n) is 10.8. The summed E-state index contributed by atoms with van der Waals surface area (Å²) in [7, 11) is 3.96. The molecular formula is C35H39N3O2. The molecule has 206 valence electrons. The zero-order chi connectivity index (χ0) is 28.6. The van der Waals surface area contributed by atoms with Crippen LogP contribution in [-0.2, 0) is 22.6 Å². The summed E-state index contributed by atoms with van der Waals surface area (Å²) in [6.45, 7) is 6.64. The Morgan fingerprint density at radius 1 is 0.750 bits per heavy atom. The monoisotopic (exact) mass is 533 g/mol. The zero-order valence-electron chi connectivity index (χ0n) is 24.1. The molecule has 0 aromatic heterocycles. The molecular weight excluding hydrogens is 494 g/mol. The number of benzene rings is 4. The van der Waals surface area contributed by atoms with Gasteiger partial charge in [-0.1, -0.05) is 92.7 Å². The molecule has 4 aromatic carbocycles. The first-order valence-electron chi connectivity index (χ1n) is 13.8. The van der Waals surface area contributed by atoms with Crippen molar-refractivity contribution < 1.29 is 9.59 Å². The van der Waals surface area contributed by atoms with Crippen LogP contribution < -0.4 is 10.2 Å². The van der Waals surface area contributed by atoms with E-state index in [1.54, 1.807) is 4.90 Å². The van der Waals surface area contributed by atoms with Crippen molar-refractivity contribution in [3.8, 4) is 0 Å². The van der Waals surface area contributed by atoms with Gasteiger partial charge in [0.25, 0.3) is 5.91 Å². The Labute approximate surface area is 238 Å². The Morgan fingerprint density at radius 3 is 1.95 bits per heavy atom. The number of hydrogen-bond donors (Lipinski definition) is 1. The van der Waals surface area contributed by atoms with Gasteiger partial charge >= 0.3 is 0 Å². The van der Waals surface area contributed by atoms with E-state index in [1.165, 1.54) is 5.56 Å². The number of carbonyl (C=O) groups excluding carboxylic acids is 2. The van der Waals surface area contributed by atoms with Crippen LogP contribution in [0.2, 0.25) is 0 Å². The fourth-order valence-electron chi connectivity index (χ4n) is 4.76. The van der Waals surface area contributed by atoms with Crippen molar-refractivity contribution in [1.29, 1.82) is 0 Å². The second kappa shape index (κ2) is 13.1. The summed E-state index contributed by atoms with van der Waals surface area (Å²) in [6.07, 6.45) is 0.206. The van der Waals surface area contributed by atoms with Gasteiger partial charge in [0.1, 0.15) is 6.04 Å². The zero-order valence-corrected chi connectivity index (χ0v) is 24.1. The molecule has 1 N–H and O–H groups in total. The maximum absolute atomic E-state index is 14.1. The number of amides is 2. The molecule has 0 aliphatic carbocycles. The van der Waals surface area contributed by atoms with Gasteiger partial charge in [-0.3, -0.25) is 9.59 Å². The second-order valence-corrected chi connectivity index (χ2v) is 10.8. The van der Waals surface area contributed by atoms with E-state index in [4.69, 9.17) is 0 Å². The molecule has 5 heteroatoms. The molecule has 2 amide bonds. The molecule has 0 aliphatic rings. The van der Waals surface area contributed by atoms with E-state index in [9.17, 15) is 9.59 Å². The lowest BCUT2D eigenvalue weighted by atomic mass is 9.96. The molecule has 0 saturated heterocycles. The van der Waals surface area contributed by atoms with Gasteiger partial charge in [-0.2, -0.15) is 0 Å². The third-order valence-corrected chi connectivity index (χ3v) is 7.25. The van der Waals surface area contributed by atoms with Crippen LogP contribution in [-0.4, -0.2) is 30.8 Å². The van der Waals surface area contributed by atoms with Gasteiger partial charge in [-0.25, -0.2) is 0 Å². The SMILES string of the molecule is Cc1ccccc1CN(C(=O)Cc1ccccc1)[C@H](C(=O)Nc1ccc(N(C)C)cc1)c1ccc(C(C)C)cc1. The first-order chi connectivity index (χ1) is 19.2. The molecule has 4 rings (SSSR count). The number of hydrogen-bond acceptors (Lipinski definition) is 3. The third kappa shape index (κ3) is 7.17. The third-order valence-electron chi connectivity index (χ3n) is 7.25. The highest BCUT2D eigenvalue weighted by atomic mass is 16.2. The molecule has 0 saturated carbocycles. The summed E-state index contributed by atoms with van der Waals surface area (Å²) in [5, 5.41) is 3.09. The van der Waals surface area contributed by atoms with Crippen LogP contribution in [0.25, 0.3) is 0 Å². The number of nitrogens with zero attached hydrogens (tertiary/aromatic N) is 2. The van der Waals surface area contributed by atoms with E-state index in [1.807, 2.05) is 117 Å². The van der Waals surface area contributed by atoms with Gasteiger partial charge in [0.2, 0.25) is 5.91 Å².